The highest BCUT2D eigenvalue weighted by molar-refractivity contribution is 7.80. The molecule has 0 bridgehead atoms. The van der Waals surface area contributed by atoms with Crippen LogP contribution in [0, 0.1) is 5.41 Å². The summed E-state index contributed by atoms with van der Waals surface area (Å²) in [5, 5.41) is 0.612. The molecule has 1 saturated carbocycles. The van der Waals surface area contributed by atoms with Crippen LogP contribution in [0.5, 0.6) is 5.75 Å². The maximum absolute atomic E-state index is 5.82. The number of rotatable bonds is 4. The van der Waals surface area contributed by atoms with E-state index < -0.39 is 0 Å². The number of halogens is 1. The van der Waals surface area contributed by atoms with E-state index in [-0.39, 0.29) is 5.41 Å². The molecule has 0 saturated heterocycles. The van der Waals surface area contributed by atoms with Gasteiger partial charge in [-0.25, -0.2) is 0 Å². The minimum Gasteiger partial charge on any atom is -0.491 e. The van der Waals surface area contributed by atoms with Gasteiger partial charge < -0.3 is 4.74 Å². The average molecular weight is 244 g/mol. The van der Waals surface area contributed by atoms with Crippen molar-refractivity contribution in [2.75, 3.05) is 12.4 Å². The maximum atomic E-state index is 5.82. The highest BCUT2D eigenvalue weighted by Gasteiger charge is 2.36. The molecule has 0 unspecified atom stereocenters. The predicted molar refractivity (Wildman–Crippen MR) is 64.9 cm³/mol. The van der Waals surface area contributed by atoms with E-state index in [1.165, 1.54) is 19.3 Å². The molecule has 0 spiro atoms. The van der Waals surface area contributed by atoms with Crippen molar-refractivity contribution in [3.63, 3.8) is 0 Å². The van der Waals surface area contributed by atoms with Crippen molar-refractivity contribution in [3.8, 4) is 5.75 Å². The zero-order valence-electron chi connectivity index (χ0n) is 8.45. The van der Waals surface area contributed by atoms with E-state index in [4.69, 9.17) is 16.3 Å². The molecule has 82 valence electrons. The van der Waals surface area contributed by atoms with E-state index >= 15 is 0 Å². The fourth-order valence-corrected chi connectivity index (χ4v) is 2.30. The van der Waals surface area contributed by atoms with Gasteiger partial charge in [0.1, 0.15) is 5.75 Å². The first-order valence-electron chi connectivity index (χ1n) is 5.08. The van der Waals surface area contributed by atoms with Crippen LogP contribution in [0.2, 0.25) is 5.02 Å². The molecule has 0 amide bonds. The Bertz CT molecular complexity index is 336. The van der Waals surface area contributed by atoms with E-state index in [0.29, 0.717) is 5.02 Å². The van der Waals surface area contributed by atoms with Gasteiger partial charge in [0, 0.05) is 17.7 Å². The third kappa shape index (κ3) is 2.58. The summed E-state index contributed by atoms with van der Waals surface area (Å²) < 4.78 is 5.69. The van der Waals surface area contributed by atoms with Crippen molar-refractivity contribution >= 4 is 24.2 Å². The molecular weight excluding hydrogens is 230 g/mol. The van der Waals surface area contributed by atoms with Crippen LogP contribution in [-0.4, -0.2) is 17.3 Å². The summed E-state index contributed by atoms with van der Waals surface area (Å²) in [4.78, 5) is 3.98. The fraction of sp³-hybridized carbons (Fsp3) is 0.545. The van der Waals surface area contributed by atoms with Crippen molar-refractivity contribution in [1.29, 1.82) is 0 Å². The van der Waals surface area contributed by atoms with Crippen LogP contribution in [0.25, 0.3) is 0 Å². The van der Waals surface area contributed by atoms with E-state index in [0.717, 1.165) is 18.1 Å². The SMILES string of the molecule is SCC1(COc2cncc(Cl)c2)CCC1. The Kier molecular flexibility index (Phi) is 3.42. The van der Waals surface area contributed by atoms with Gasteiger partial charge in [0.15, 0.2) is 0 Å². The minimum absolute atomic E-state index is 0.283. The lowest BCUT2D eigenvalue weighted by molar-refractivity contribution is 0.0827. The Morgan fingerprint density at radius 3 is 2.80 bits per heavy atom. The summed E-state index contributed by atoms with van der Waals surface area (Å²) >= 11 is 10.2. The Hall–Kier alpha value is -0.410. The first-order chi connectivity index (χ1) is 7.24. The lowest BCUT2D eigenvalue weighted by Crippen LogP contribution is -2.37. The summed E-state index contributed by atoms with van der Waals surface area (Å²) in [5.74, 6) is 1.64. The lowest BCUT2D eigenvalue weighted by Gasteiger charge is -2.40. The van der Waals surface area contributed by atoms with Crippen LogP contribution < -0.4 is 4.74 Å². The predicted octanol–water partition coefficient (Wildman–Crippen LogP) is 3.21. The van der Waals surface area contributed by atoms with Gasteiger partial charge >= 0.3 is 0 Å². The molecule has 1 fully saturated rings. The van der Waals surface area contributed by atoms with E-state index in [2.05, 4.69) is 17.6 Å². The molecule has 1 aromatic heterocycles. The number of hydrogen-bond acceptors (Lipinski definition) is 3. The molecule has 15 heavy (non-hydrogen) atoms. The highest BCUT2D eigenvalue weighted by atomic mass is 35.5. The number of ether oxygens (including phenoxy) is 1. The molecule has 0 aliphatic heterocycles. The third-order valence-electron chi connectivity index (χ3n) is 2.97. The summed E-state index contributed by atoms with van der Waals surface area (Å²) in [6, 6.07) is 1.79. The van der Waals surface area contributed by atoms with Crippen LogP contribution in [-0.2, 0) is 0 Å². The van der Waals surface area contributed by atoms with Gasteiger partial charge in [0.2, 0.25) is 0 Å². The monoisotopic (exact) mass is 243 g/mol. The quantitative estimate of drug-likeness (QED) is 0.821. The van der Waals surface area contributed by atoms with Crippen LogP contribution in [0.3, 0.4) is 0 Å². The van der Waals surface area contributed by atoms with Crippen molar-refractivity contribution < 1.29 is 4.74 Å². The van der Waals surface area contributed by atoms with E-state index in [9.17, 15) is 0 Å². The Balaban J connectivity index is 1.92. The van der Waals surface area contributed by atoms with E-state index in [1.807, 2.05) is 0 Å². The lowest BCUT2D eigenvalue weighted by atomic mass is 9.71. The molecule has 0 radical (unpaired) electrons. The van der Waals surface area contributed by atoms with Crippen LogP contribution in [0.1, 0.15) is 19.3 Å². The molecule has 0 aromatic carbocycles. The average Bonchev–Trinajstić information content (AvgIpc) is 2.17. The zero-order valence-corrected chi connectivity index (χ0v) is 10.1. The third-order valence-corrected chi connectivity index (χ3v) is 3.85. The number of thiol groups is 1. The molecule has 1 aliphatic carbocycles. The van der Waals surface area contributed by atoms with Crippen molar-refractivity contribution in [3.05, 3.63) is 23.5 Å². The molecule has 0 atom stereocenters. The summed E-state index contributed by atoms with van der Waals surface area (Å²) in [6.07, 6.45) is 7.01. The first kappa shape index (κ1) is 11.1. The Labute approximate surface area is 100 Å². The summed E-state index contributed by atoms with van der Waals surface area (Å²) in [5.41, 5.74) is 0.283. The van der Waals surface area contributed by atoms with Crippen LogP contribution in [0.15, 0.2) is 18.5 Å². The second kappa shape index (κ2) is 4.62. The molecular formula is C11H14ClNOS. The topological polar surface area (TPSA) is 22.1 Å². The van der Waals surface area contributed by atoms with Gasteiger partial charge in [-0.15, -0.1) is 0 Å². The molecule has 2 nitrogen and oxygen atoms in total. The number of pyridine rings is 1. The minimum atomic E-state index is 0.283. The molecule has 2 rings (SSSR count). The Morgan fingerprint density at radius 2 is 2.27 bits per heavy atom. The Morgan fingerprint density at radius 1 is 1.47 bits per heavy atom. The van der Waals surface area contributed by atoms with Gasteiger partial charge in [-0.05, 0) is 18.6 Å². The summed E-state index contributed by atoms with van der Waals surface area (Å²) in [6.45, 7) is 0.721. The molecule has 0 N–H and O–H groups in total. The zero-order chi connectivity index (χ0) is 10.7. The highest BCUT2D eigenvalue weighted by Crippen LogP contribution is 2.42. The van der Waals surface area contributed by atoms with Gasteiger partial charge in [-0.2, -0.15) is 12.6 Å². The first-order valence-corrected chi connectivity index (χ1v) is 6.09. The number of hydrogen-bond donors (Lipinski definition) is 1. The molecule has 1 aliphatic rings. The summed E-state index contributed by atoms with van der Waals surface area (Å²) in [7, 11) is 0. The van der Waals surface area contributed by atoms with Crippen LogP contribution >= 0.6 is 24.2 Å². The second-order valence-electron chi connectivity index (χ2n) is 4.14. The number of aromatic nitrogens is 1. The molecule has 1 aromatic rings. The van der Waals surface area contributed by atoms with Crippen molar-refractivity contribution in [2.45, 2.75) is 19.3 Å². The van der Waals surface area contributed by atoms with Crippen molar-refractivity contribution in [1.82, 2.24) is 4.98 Å². The maximum Gasteiger partial charge on any atom is 0.139 e. The van der Waals surface area contributed by atoms with E-state index in [1.54, 1.807) is 18.5 Å². The fourth-order valence-electron chi connectivity index (χ4n) is 1.73. The largest absolute Gasteiger partial charge is 0.491 e. The molecule has 1 heterocycles. The smallest absolute Gasteiger partial charge is 0.139 e. The van der Waals surface area contributed by atoms with Crippen LogP contribution in [0.4, 0.5) is 0 Å². The molecule has 4 heteroatoms. The normalized spacial score (nSPS) is 18.3. The van der Waals surface area contributed by atoms with Gasteiger partial charge in [0.25, 0.3) is 0 Å². The second-order valence-corrected chi connectivity index (χ2v) is 4.89. The van der Waals surface area contributed by atoms with Gasteiger partial charge in [0.05, 0.1) is 17.8 Å². The van der Waals surface area contributed by atoms with Gasteiger partial charge in [-0.3, -0.25) is 4.98 Å². The van der Waals surface area contributed by atoms with Gasteiger partial charge in [-0.1, -0.05) is 18.0 Å². The van der Waals surface area contributed by atoms with Crippen molar-refractivity contribution in [2.24, 2.45) is 5.41 Å². The standard InChI is InChI=1S/C11H14ClNOS/c12-9-4-10(6-13-5-9)14-7-11(8-15)2-1-3-11/h4-6,15H,1-3,7-8H2. The number of nitrogens with zero attached hydrogens (tertiary/aromatic N) is 1.